The summed E-state index contributed by atoms with van der Waals surface area (Å²) in [5.74, 6) is 2.83. The van der Waals surface area contributed by atoms with Gasteiger partial charge in [-0.3, -0.25) is 9.69 Å². The van der Waals surface area contributed by atoms with Crippen LogP contribution >= 0.6 is 11.6 Å². The molecule has 0 unspecified atom stereocenters. The molecule has 1 aromatic carbocycles. The molecule has 26 heavy (non-hydrogen) atoms. The van der Waals surface area contributed by atoms with E-state index in [4.69, 9.17) is 11.6 Å². The number of hydrogen-bond acceptors (Lipinski definition) is 4. The first-order chi connectivity index (χ1) is 12.7. The number of likely N-dealkylation sites (tertiary alicyclic amines) is 1. The molecule has 0 atom stereocenters. The molecule has 138 valence electrons. The molecule has 1 saturated heterocycles. The number of hydrogen-bond donors (Lipinski definition) is 1. The lowest BCUT2D eigenvalue weighted by Gasteiger charge is -2.31. The Morgan fingerprint density at radius 2 is 2.08 bits per heavy atom. The highest BCUT2D eigenvalue weighted by molar-refractivity contribution is 6.30. The number of aromatic nitrogens is 3. The van der Waals surface area contributed by atoms with E-state index in [2.05, 4.69) is 25.0 Å². The molecule has 1 N–H and O–H groups in total. The Labute approximate surface area is 158 Å². The number of fused-ring (bicyclic) bond motifs is 1. The van der Waals surface area contributed by atoms with Crippen LogP contribution in [0.4, 0.5) is 0 Å². The fraction of sp³-hybridized carbons (Fsp3) is 0.526. The fourth-order valence-corrected chi connectivity index (χ4v) is 4.14. The second-order valence-corrected chi connectivity index (χ2v) is 7.62. The molecule has 1 amide bonds. The highest BCUT2D eigenvalue weighted by atomic mass is 35.5. The Bertz CT molecular complexity index is 782. The largest absolute Gasteiger partial charge is 0.351 e. The lowest BCUT2D eigenvalue weighted by Crippen LogP contribution is -2.41. The summed E-state index contributed by atoms with van der Waals surface area (Å²) in [5, 5.41) is 12.4. The van der Waals surface area contributed by atoms with Gasteiger partial charge >= 0.3 is 0 Å². The van der Waals surface area contributed by atoms with Gasteiger partial charge in [0.2, 0.25) is 5.91 Å². The van der Waals surface area contributed by atoms with E-state index >= 15 is 0 Å². The zero-order valence-electron chi connectivity index (χ0n) is 14.8. The van der Waals surface area contributed by atoms with Gasteiger partial charge < -0.3 is 9.88 Å². The van der Waals surface area contributed by atoms with Crippen LogP contribution in [0.15, 0.2) is 24.3 Å². The highest BCUT2D eigenvalue weighted by Gasteiger charge is 2.28. The first-order valence-corrected chi connectivity index (χ1v) is 9.72. The van der Waals surface area contributed by atoms with E-state index < -0.39 is 0 Å². The molecule has 2 aromatic rings. The summed E-state index contributed by atoms with van der Waals surface area (Å²) in [5.41, 5.74) is 1.02. The van der Waals surface area contributed by atoms with Gasteiger partial charge in [0.15, 0.2) is 0 Å². The predicted molar refractivity (Wildman–Crippen MR) is 100 cm³/mol. The molecule has 6 nitrogen and oxygen atoms in total. The Balaban J connectivity index is 1.24. The van der Waals surface area contributed by atoms with E-state index in [0.29, 0.717) is 24.0 Å². The summed E-state index contributed by atoms with van der Waals surface area (Å²) in [6, 6.07) is 7.58. The van der Waals surface area contributed by atoms with Crippen LogP contribution < -0.4 is 5.32 Å². The Morgan fingerprint density at radius 1 is 1.23 bits per heavy atom. The van der Waals surface area contributed by atoms with Gasteiger partial charge in [0.25, 0.3) is 0 Å². The third-order valence-corrected chi connectivity index (χ3v) is 5.57. The number of benzene rings is 1. The molecule has 0 saturated carbocycles. The van der Waals surface area contributed by atoms with Crippen molar-refractivity contribution in [1.29, 1.82) is 0 Å². The molecular formula is C19H24ClN5O. The minimum atomic E-state index is 0.0618. The molecule has 0 radical (unpaired) electrons. The molecule has 2 aliphatic heterocycles. The van der Waals surface area contributed by atoms with Gasteiger partial charge in [-0.1, -0.05) is 23.7 Å². The lowest BCUT2D eigenvalue weighted by atomic mass is 9.96. The van der Waals surface area contributed by atoms with E-state index in [1.807, 2.05) is 24.3 Å². The Hall–Kier alpha value is -1.92. The number of rotatable bonds is 5. The Kier molecular flexibility index (Phi) is 5.22. The van der Waals surface area contributed by atoms with Gasteiger partial charge in [-0.05, 0) is 50.0 Å². The van der Waals surface area contributed by atoms with E-state index in [1.54, 1.807) is 0 Å². The zero-order valence-corrected chi connectivity index (χ0v) is 15.6. The van der Waals surface area contributed by atoms with Crippen molar-refractivity contribution >= 4 is 17.5 Å². The van der Waals surface area contributed by atoms with E-state index in [-0.39, 0.29) is 5.91 Å². The number of carbonyl (C=O) groups is 1. The van der Waals surface area contributed by atoms with Crippen molar-refractivity contribution in [3.63, 3.8) is 0 Å². The minimum absolute atomic E-state index is 0.0618. The van der Waals surface area contributed by atoms with Crippen LogP contribution in [0.5, 0.6) is 0 Å². The summed E-state index contributed by atoms with van der Waals surface area (Å²) >= 11 is 5.97. The van der Waals surface area contributed by atoms with E-state index in [9.17, 15) is 4.79 Å². The maximum absolute atomic E-state index is 12.2. The van der Waals surface area contributed by atoms with Crippen molar-refractivity contribution in [3.8, 4) is 0 Å². The molecule has 1 aromatic heterocycles. The summed E-state index contributed by atoms with van der Waals surface area (Å²) in [6.07, 6.45) is 4.32. The van der Waals surface area contributed by atoms with Crippen LogP contribution in [0, 0.1) is 0 Å². The van der Waals surface area contributed by atoms with Crippen molar-refractivity contribution < 1.29 is 4.79 Å². The average Bonchev–Trinajstić information content (AvgIpc) is 3.25. The van der Waals surface area contributed by atoms with E-state index in [0.717, 1.165) is 56.1 Å². The molecule has 0 spiro atoms. The maximum Gasteiger partial charge on any atom is 0.234 e. The van der Waals surface area contributed by atoms with Gasteiger partial charge in [0, 0.05) is 30.5 Å². The quantitative estimate of drug-likeness (QED) is 0.874. The van der Waals surface area contributed by atoms with Crippen LogP contribution in [0.3, 0.4) is 0 Å². The SMILES string of the molecule is O=C(CN1CCC(c2nnc3n2CCC3)CC1)NCc1cccc(Cl)c1. The van der Waals surface area contributed by atoms with Gasteiger partial charge in [0.05, 0.1) is 6.54 Å². The number of nitrogens with zero attached hydrogens (tertiary/aromatic N) is 4. The van der Waals surface area contributed by atoms with Crippen molar-refractivity contribution in [2.75, 3.05) is 19.6 Å². The Morgan fingerprint density at radius 3 is 2.88 bits per heavy atom. The number of piperidine rings is 1. The highest BCUT2D eigenvalue weighted by Crippen LogP contribution is 2.29. The number of aryl methyl sites for hydroxylation is 1. The summed E-state index contributed by atoms with van der Waals surface area (Å²) < 4.78 is 2.30. The minimum Gasteiger partial charge on any atom is -0.351 e. The number of nitrogens with one attached hydrogen (secondary N) is 1. The lowest BCUT2D eigenvalue weighted by molar-refractivity contribution is -0.122. The fourth-order valence-electron chi connectivity index (χ4n) is 3.93. The smallest absolute Gasteiger partial charge is 0.234 e. The molecule has 3 heterocycles. The van der Waals surface area contributed by atoms with Crippen LogP contribution in [0.1, 0.15) is 42.4 Å². The van der Waals surface area contributed by atoms with Gasteiger partial charge in [-0.25, -0.2) is 0 Å². The van der Waals surface area contributed by atoms with Gasteiger partial charge in [0.1, 0.15) is 11.6 Å². The summed E-state index contributed by atoms with van der Waals surface area (Å²) in [7, 11) is 0. The van der Waals surface area contributed by atoms with Crippen molar-refractivity contribution in [3.05, 3.63) is 46.5 Å². The predicted octanol–water partition coefficient (Wildman–Crippen LogP) is 2.37. The molecule has 4 rings (SSSR count). The topological polar surface area (TPSA) is 63.1 Å². The van der Waals surface area contributed by atoms with Crippen molar-refractivity contribution in [2.45, 2.75) is 44.7 Å². The number of carbonyl (C=O) groups excluding carboxylic acids is 1. The standard InChI is InChI=1S/C19H24ClN5O/c20-16-4-1-3-14(11-16)12-21-18(26)13-24-9-6-15(7-10-24)19-23-22-17-5-2-8-25(17)19/h1,3-4,11,15H,2,5-10,12-13H2,(H,21,26). The summed E-state index contributed by atoms with van der Waals surface area (Å²) in [6.45, 7) is 3.88. The first-order valence-electron chi connectivity index (χ1n) is 9.34. The molecular weight excluding hydrogens is 350 g/mol. The van der Waals surface area contributed by atoms with Crippen LogP contribution in [-0.4, -0.2) is 45.2 Å². The van der Waals surface area contributed by atoms with Crippen LogP contribution in [0.2, 0.25) is 5.02 Å². The third-order valence-electron chi connectivity index (χ3n) is 5.34. The van der Waals surface area contributed by atoms with Crippen LogP contribution in [-0.2, 0) is 24.3 Å². The molecule has 1 fully saturated rings. The van der Waals surface area contributed by atoms with Crippen molar-refractivity contribution in [1.82, 2.24) is 25.0 Å². The molecule has 0 aliphatic carbocycles. The molecule has 7 heteroatoms. The second kappa shape index (κ2) is 7.76. The molecule has 2 aliphatic rings. The maximum atomic E-state index is 12.2. The van der Waals surface area contributed by atoms with Crippen LogP contribution in [0.25, 0.3) is 0 Å². The normalized spacial score (nSPS) is 18.0. The van der Waals surface area contributed by atoms with E-state index in [1.165, 1.54) is 6.42 Å². The second-order valence-electron chi connectivity index (χ2n) is 7.19. The molecule has 0 bridgehead atoms. The number of halogens is 1. The van der Waals surface area contributed by atoms with Gasteiger partial charge in [-0.2, -0.15) is 0 Å². The monoisotopic (exact) mass is 373 g/mol. The average molecular weight is 374 g/mol. The van der Waals surface area contributed by atoms with Crippen molar-refractivity contribution in [2.24, 2.45) is 0 Å². The zero-order chi connectivity index (χ0) is 17.9. The third kappa shape index (κ3) is 3.91. The summed E-state index contributed by atoms with van der Waals surface area (Å²) in [4.78, 5) is 14.4. The van der Waals surface area contributed by atoms with Gasteiger partial charge in [-0.15, -0.1) is 10.2 Å². The first kappa shape index (κ1) is 17.5. The number of amides is 1.